The van der Waals surface area contributed by atoms with E-state index < -0.39 is 0 Å². The number of halogens is 1. The Bertz CT molecular complexity index is 578. The normalized spacial score (nSPS) is 10.4. The number of rotatable bonds is 3. The van der Waals surface area contributed by atoms with Crippen LogP contribution >= 0.6 is 15.9 Å². The van der Waals surface area contributed by atoms with E-state index in [4.69, 9.17) is 4.74 Å². The van der Waals surface area contributed by atoms with Gasteiger partial charge in [0.2, 0.25) is 5.88 Å². The summed E-state index contributed by atoms with van der Waals surface area (Å²) < 4.78 is 6.93. The van der Waals surface area contributed by atoms with Gasteiger partial charge in [-0.3, -0.25) is 4.68 Å². The molecule has 0 radical (unpaired) electrons. The summed E-state index contributed by atoms with van der Waals surface area (Å²) in [6.45, 7) is 1.87. The minimum Gasteiger partial charge on any atom is -0.402 e. The molecule has 2 rings (SSSR count). The Labute approximate surface area is 114 Å². The second-order valence-corrected chi connectivity index (χ2v) is 4.50. The highest BCUT2D eigenvalue weighted by atomic mass is 79.9. The molecule has 0 aliphatic rings. The van der Waals surface area contributed by atoms with Crippen molar-refractivity contribution in [2.45, 2.75) is 12.3 Å². The van der Waals surface area contributed by atoms with E-state index in [0.29, 0.717) is 16.8 Å². The van der Waals surface area contributed by atoms with Crippen molar-refractivity contribution in [3.63, 3.8) is 0 Å². The molecule has 0 fully saturated rings. The van der Waals surface area contributed by atoms with Crippen LogP contribution in [0.3, 0.4) is 0 Å². The van der Waals surface area contributed by atoms with Gasteiger partial charge in [-0.2, -0.15) is 0 Å². The van der Waals surface area contributed by atoms with Crippen molar-refractivity contribution >= 4 is 21.9 Å². The number of carbonyl (C=O) groups excluding carboxylic acids is 1. The van der Waals surface area contributed by atoms with Gasteiger partial charge in [-0.25, -0.2) is 4.79 Å². The third kappa shape index (κ3) is 2.61. The molecule has 0 saturated heterocycles. The largest absolute Gasteiger partial charge is 0.402 e. The Morgan fingerprint density at radius 1 is 1.44 bits per heavy atom. The van der Waals surface area contributed by atoms with Crippen molar-refractivity contribution in [1.82, 2.24) is 9.78 Å². The first-order valence-corrected chi connectivity index (χ1v) is 6.60. The lowest BCUT2D eigenvalue weighted by Crippen LogP contribution is -2.10. The number of esters is 1. The first-order valence-electron chi connectivity index (χ1n) is 5.48. The maximum Gasteiger partial charge on any atom is 0.345 e. The molecular formula is C13H13BrN2O2. The fourth-order valence-electron chi connectivity index (χ4n) is 1.60. The highest BCUT2D eigenvalue weighted by Gasteiger charge is 2.13. The first kappa shape index (κ1) is 12.8. The summed E-state index contributed by atoms with van der Waals surface area (Å²) in [5.74, 6) is -0.0625. The lowest BCUT2D eigenvalue weighted by atomic mass is 10.1. The number of ether oxygens (including phenoxy) is 1. The lowest BCUT2D eigenvalue weighted by molar-refractivity contribution is 0.0726. The van der Waals surface area contributed by atoms with Crippen molar-refractivity contribution in [1.29, 1.82) is 0 Å². The summed E-state index contributed by atoms with van der Waals surface area (Å²) in [6, 6.07) is 9.05. The number of nitrogens with zero attached hydrogens (tertiary/aromatic N) is 2. The molecule has 1 heterocycles. The van der Waals surface area contributed by atoms with Crippen molar-refractivity contribution in [2.24, 2.45) is 7.05 Å². The second-order valence-electron chi connectivity index (χ2n) is 3.94. The van der Waals surface area contributed by atoms with Crippen molar-refractivity contribution in [2.75, 3.05) is 0 Å². The van der Waals surface area contributed by atoms with Gasteiger partial charge in [-0.15, -0.1) is 5.10 Å². The molecule has 18 heavy (non-hydrogen) atoms. The minimum atomic E-state index is -0.382. The number of carbonyl (C=O) groups is 1. The Kier molecular flexibility index (Phi) is 3.81. The molecule has 0 amide bonds. The van der Waals surface area contributed by atoms with Crippen LogP contribution in [0.1, 0.15) is 21.6 Å². The van der Waals surface area contributed by atoms with Gasteiger partial charge < -0.3 is 4.74 Å². The van der Waals surface area contributed by atoms with E-state index in [1.807, 2.05) is 32.2 Å². The summed E-state index contributed by atoms with van der Waals surface area (Å²) in [4.78, 5) is 12.0. The summed E-state index contributed by atoms with van der Waals surface area (Å²) in [5, 5.41) is 4.79. The number of aromatic nitrogens is 2. The molecule has 1 aromatic heterocycles. The molecule has 0 unspecified atom stereocenters. The summed E-state index contributed by atoms with van der Waals surface area (Å²) in [5.41, 5.74) is 2.39. The summed E-state index contributed by atoms with van der Waals surface area (Å²) in [7, 11) is 1.81. The molecule has 5 heteroatoms. The van der Waals surface area contributed by atoms with Crippen LogP contribution in [0.2, 0.25) is 0 Å². The summed E-state index contributed by atoms with van der Waals surface area (Å²) in [6.07, 6.45) is 0. The average molecular weight is 309 g/mol. The SMILES string of the molecule is Cc1ccccc1C(=O)Oc1cc(CBr)n(C)n1. The standard InChI is InChI=1S/C13H13BrN2O2/c1-9-5-3-4-6-11(9)13(17)18-12-7-10(8-14)16(2)15-12/h3-7H,8H2,1-2H3. The highest BCUT2D eigenvalue weighted by Crippen LogP contribution is 2.16. The molecule has 94 valence electrons. The van der Waals surface area contributed by atoms with Gasteiger partial charge in [0.1, 0.15) is 0 Å². The van der Waals surface area contributed by atoms with Gasteiger partial charge in [0.25, 0.3) is 0 Å². The van der Waals surface area contributed by atoms with E-state index in [1.54, 1.807) is 16.8 Å². The van der Waals surface area contributed by atoms with Gasteiger partial charge in [-0.05, 0) is 18.6 Å². The topological polar surface area (TPSA) is 44.1 Å². The van der Waals surface area contributed by atoms with Crippen LogP contribution in [0.15, 0.2) is 30.3 Å². The van der Waals surface area contributed by atoms with Gasteiger partial charge in [-0.1, -0.05) is 34.1 Å². The number of hydrogen-bond donors (Lipinski definition) is 0. The fourth-order valence-corrected chi connectivity index (χ4v) is 2.13. The van der Waals surface area contributed by atoms with E-state index >= 15 is 0 Å². The minimum absolute atomic E-state index is 0.320. The van der Waals surface area contributed by atoms with Crippen LogP contribution in [0, 0.1) is 6.92 Å². The number of alkyl halides is 1. The second kappa shape index (κ2) is 5.35. The van der Waals surface area contributed by atoms with Crippen molar-refractivity contribution in [3.05, 3.63) is 47.2 Å². The third-order valence-electron chi connectivity index (χ3n) is 2.65. The summed E-state index contributed by atoms with van der Waals surface area (Å²) >= 11 is 3.34. The number of aryl methyl sites for hydroxylation is 2. The predicted molar refractivity (Wildman–Crippen MR) is 72.0 cm³/mol. The number of benzene rings is 1. The Morgan fingerprint density at radius 2 is 2.17 bits per heavy atom. The Hall–Kier alpha value is -1.62. The molecule has 1 aromatic carbocycles. The van der Waals surface area contributed by atoms with Gasteiger partial charge in [0.15, 0.2) is 0 Å². The molecule has 0 N–H and O–H groups in total. The maximum atomic E-state index is 12.0. The van der Waals surface area contributed by atoms with Gasteiger partial charge in [0.05, 0.1) is 11.3 Å². The quantitative estimate of drug-likeness (QED) is 0.647. The molecule has 0 spiro atoms. The molecule has 4 nitrogen and oxygen atoms in total. The smallest absolute Gasteiger partial charge is 0.345 e. The van der Waals surface area contributed by atoms with Gasteiger partial charge >= 0.3 is 5.97 Å². The molecule has 2 aromatic rings. The lowest BCUT2D eigenvalue weighted by Gasteiger charge is -2.03. The van der Waals surface area contributed by atoms with E-state index in [1.165, 1.54) is 0 Å². The zero-order valence-electron chi connectivity index (χ0n) is 10.2. The molecule has 0 atom stereocenters. The van der Waals surface area contributed by atoms with E-state index in [9.17, 15) is 4.79 Å². The monoisotopic (exact) mass is 308 g/mol. The van der Waals surface area contributed by atoms with E-state index in [0.717, 1.165) is 11.3 Å². The fraction of sp³-hybridized carbons (Fsp3) is 0.231. The maximum absolute atomic E-state index is 12.0. The van der Waals surface area contributed by atoms with Crippen LogP contribution < -0.4 is 4.74 Å². The first-order chi connectivity index (χ1) is 8.61. The van der Waals surface area contributed by atoms with Crippen LogP contribution in [-0.2, 0) is 12.4 Å². The predicted octanol–water partition coefficient (Wildman–Crippen LogP) is 2.84. The van der Waals surface area contributed by atoms with Crippen LogP contribution in [0.4, 0.5) is 0 Å². The average Bonchev–Trinajstić information content (AvgIpc) is 2.69. The highest BCUT2D eigenvalue weighted by molar-refractivity contribution is 9.08. The van der Waals surface area contributed by atoms with Crippen molar-refractivity contribution in [3.8, 4) is 5.88 Å². The molecule has 0 aliphatic heterocycles. The zero-order chi connectivity index (χ0) is 13.1. The molecule has 0 saturated carbocycles. The Morgan fingerprint density at radius 3 is 2.78 bits per heavy atom. The molecule has 0 aliphatic carbocycles. The molecular weight excluding hydrogens is 296 g/mol. The van der Waals surface area contributed by atoms with Crippen molar-refractivity contribution < 1.29 is 9.53 Å². The van der Waals surface area contributed by atoms with Crippen LogP contribution in [0.25, 0.3) is 0 Å². The van der Waals surface area contributed by atoms with E-state index in [-0.39, 0.29) is 5.97 Å². The molecule has 0 bridgehead atoms. The van der Waals surface area contributed by atoms with Crippen LogP contribution in [0.5, 0.6) is 5.88 Å². The third-order valence-corrected chi connectivity index (χ3v) is 3.23. The Balaban J connectivity index is 2.19. The van der Waals surface area contributed by atoms with Gasteiger partial charge in [0, 0.05) is 18.4 Å². The van der Waals surface area contributed by atoms with Crippen LogP contribution in [-0.4, -0.2) is 15.7 Å². The zero-order valence-corrected chi connectivity index (χ0v) is 11.8. The number of hydrogen-bond acceptors (Lipinski definition) is 3. The van der Waals surface area contributed by atoms with E-state index in [2.05, 4.69) is 21.0 Å².